The normalized spacial score (nSPS) is 37.0. The Bertz CT molecular complexity index is 861. The molecular formula is C35H62FN5O. The van der Waals surface area contributed by atoms with Gasteiger partial charge in [0.2, 0.25) is 5.91 Å². The first-order valence-electron chi connectivity index (χ1n) is 17.1. The molecule has 3 aliphatic heterocycles. The van der Waals surface area contributed by atoms with E-state index in [2.05, 4.69) is 60.8 Å². The topological polar surface area (TPSA) is 73.6 Å². The quantitative estimate of drug-likeness (QED) is 0.246. The maximum atomic E-state index is 14.5. The number of allylic oxidation sites excluding steroid dienone is 1. The van der Waals surface area contributed by atoms with Gasteiger partial charge in [0.1, 0.15) is 5.67 Å². The first kappa shape index (κ1) is 35.0. The monoisotopic (exact) mass is 587 g/mol. The molecule has 5 rings (SSSR count). The van der Waals surface area contributed by atoms with Crippen LogP contribution in [0.3, 0.4) is 0 Å². The van der Waals surface area contributed by atoms with E-state index in [-0.39, 0.29) is 30.0 Å². The molecule has 0 bridgehead atoms. The van der Waals surface area contributed by atoms with Gasteiger partial charge in [0, 0.05) is 55.3 Å². The Hall–Kier alpha value is -1.46. The number of hydrogen-bond donors (Lipinski definition) is 3. The van der Waals surface area contributed by atoms with Gasteiger partial charge in [-0.2, -0.15) is 0 Å². The van der Waals surface area contributed by atoms with Crippen molar-refractivity contribution in [3.05, 3.63) is 12.7 Å². The summed E-state index contributed by atoms with van der Waals surface area (Å²) in [5.74, 6) is 2.41. The van der Waals surface area contributed by atoms with E-state index in [1.165, 1.54) is 38.5 Å². The molecule has 0 aromatic carbocycles. The summed E-state index contributed by atoms with van der Waals surface area (Å²) in [4.78, 5) is 16.1. The predicted octanol–water partition coefficient (Wildman–Crippen LogP) is 5.83. The van der Waals surface area contributed by atoms with Crippen LogP contribution in [0.1, 0.15) is 112 Å². The summed E-state index contributed by atoms with van der Waals surface area (Å²) in [7, 11) is 0. The fourth-order valence-corrected chi connectivity index (χ4v) is 8.40. The number of halogens is 1. The average Bonchev–Trinajstić information content (AvgIpc) is 3.79. The fourth-order valence-electron chi connectivity index (χ4n) is 8.40. The van der Waals surface area contributed by atoms with Crippen molar-refractivity contribution in [2.24, 2.45) is 29.4 Å². The van der Waals surface area contributed by atoms with Gasteiger partial charge in [-0.25, -0.2) is 9.40 Å². The number of likely N-dealkylation sites (tertiary alicyclic amines) is 1. The molecule has 7 unspecified atom stereocenters. The number of alkyl halides is 1. The van der Waals surface area contributed by atoms with Crippen LogP contribution in [0.25, 0.3) is 0 Å². The van der Waals surface area contributed by atoms with Crippen molar-refractivity contribution in [3.8, 4) is 12.8 Å². The number of nitrogens with zero attached hydrogens (tertiary/aromatic N) is 2. The molecule has 1 amide bonds. The fraction of sp³-hybridized carbons (Fsp3) is 0.857. The molecule has 5 aliphatic rings. The molecule has 0 spiro atoms. The molecule has 4 N–H and O–H groups in total. The van der Waals surface area contributed by atoms with Crippen molar-refractivity contribution in [1.82, 2.24) is 20.7 Å². The van der Waals surface area contributed by atoms with Crippen molar-refractivity contribution in [1.29, 1.82) is 0 Å². The van der Waals surface area contributed by atoms with Crippen LogP contribution in [-0.2, 0) is 4.79 Å². The molecule has 5 fully saturated rings. The van der Waals surface area contributed by atoms with Crippen LogP contribution < -0.4 is 16.5 Å². The zero-order valence-corrected chi connectivity index (χ0v) is 27.4. The van der Waals surface area contributed by atoms with Gasteiger partial charge in [-0.05, 0) is 96.3 Å². The number of amides is 1. The number of terminal acetylenes is 1. The maximum Gasteiger partial charge on any atom is 0.228 e. The molecule has 42 heavy (non-hydrogen) atoms. The molecular weight excluding hydrogens is 525 g/mol. The van der Waals surface area contributed by atoms with E-state index in [0.717, 1.165) is 50.5 Å². The molecule has 3 heterocycles. The van der Waals surface area contributed by atoms with Gasteiger partial charge >= 0.3 is 0 Å². The van der Waals surface area contributed by atoms with Crippen molar-refractivity contribution in [3.63, 3.8) is 0 Å². The highest BCUT2D eigenvalue weighted by Gasteiger charge is 2.53. The second kappa shape index (κ2) is 16.0. The molecule has 3 saturated heterocycles. The number of carbonyl (C=O) groups is 1. The van der Waals surface area contributed by atoms with Crippen LogP contribution in [-0.4, -0.2) is 70.8 Å². The molecule has 7 atom stereocenters. The van der Waals surface area contributed by atoms with Crippen LogP contribution in [0.5, 0.6) is 0 Å². The lowest BCUT2D eigenvalue weighted by molar-refractivity contribution is -0.144. The first-order chi connectivity index (χ1) is 20.1. The minimum Gasteiger partial charge on any atom is -0.339 e. The zero-order valence-electron chi connectivity index (χ0n) is 27.4. The highest BCUT2D eigenvalue weighted by atomic mass is 19.1. The van der Waals surface area contributed by atoms with Crippen molar-refractivity contribution >= 4 is 5.91 Å². The summed E-state index contributed by atoms with van der Waals surface area (Å²) >= 11 is 0. The Morgan fingerprint density at radius 1 is 1.07 bits per heavy atom. The SMILES string of the molecule is C#C.C=CCC.CCCC1NN(C2CCC(C3CC3)CC2)C2CCN(C(=O)C3CNC(C(C)(C)F)CC3N)C(CC)C12. The van der Waals surface area contributed by atoms with Gasteiger partial charge in [0.15, 0.2) is 0 Å². The van der Waals surface area contributed by atoms with Gasteiger partial charge in [0.05, 0.1) is 5.92 Å². The molecule has 0 aromatic heterocycles. The minimum absolute atomic E-state index is 0.189. The van der Waals surface area contributed by atoms with Crippen molar-refractivity contribution in [2.75, 3.05) is 13.1 Å². The average molecular weight is 588 g/mol. The second-order valence-electron chi connectivity index (χ2n) is 14.0. The molecule has 0 aromatic rings. The number of rotatable bonds is 8. The molecule has 6 nitrogen and oxygen atoms in total. The molecule has 2 aliphatic carbocycles. The van der Waals surface area contributed by atoms with Crippen LogP contribution in [0.4, 0.5) is 4.39 Å². The standard InChI is InChI=1S/C29H52FN5O.C4H8.C2H2/c1-5-7-23-27-24(6-2)34(28(36)21-17-32-26(16-22(21)31)29(3,4)30)15-14-25(27)35(33-23)20-12-10-19(11-13-20)18-8-9-18;1-3-4-2;1-2/h18-27,32-33H,5-17,31H2,1-4H3;3H,1,4H2,2H3;1-2H. The van der Waals surface area contributed by atoms with E-state index in [0.29, 0.717) is 37.0 Å². The Labute approximate surface area is 257 Å². The Morgan fingerprint density at radius 3 is 2.14 bits per heavy atom. The van der Waals surface area contributed by atoms with Gasteiger partial charge in [-0.15, -0.1) is 19.4 Å². The lowest BCUT2D eigenvalue weighted by Crippen LogP contribution is -2.63. The maximum absolute atomic E-state index is 14.5. The van der Waals surface area contributed by atoms with E-state index in [4.69, 9.17) is 5.73 Å². The van der Waals surface area contributed by atoms with Gasteiger partial charge < -0.3 is 16.0 Å². The third-order valence-electron chi connectivity index (χ3n) is 10.9. The van der Waals surface area contributed by atoms with E-state index >= 15 is 0 Å². The highest BCUT2D eigenvalue weighted by molar-refractivity contribution is 5.80. The lowest BCUT2D eigenvalue weighted by atomic mass is 9.76. The van der Waals surface area contributed by atoms with Gasteiger partial charge in [-0.3, -0.25) is 10.2 Å². The Kier molecular flexibility index (Phi) is 13.4. The summed E-state index contributed by atoms with van der Waals surface area (Å²) in [6, 6.07) is 1.27. The van der Waals surface area contributed by atoms with Crippen LogP contribution in [0.2, 0.25) is 0 Å². The molecule has 7 heteroatoms. The summed E-state index contributed by atoms with van der Waals surface area (Å²) in [6.45, 7) is 14.6. The Morgan fingerprint density at radius 2 is 1.67 bits per heavy atom. The summed E-state index contributed by atoms with van der Waals surface area (Å²) in [5, 5.41) is 5.99. The number of carbonyl (C=O) groups excluding carboxylic acids is 1. The first-order valence-corrected chi connectivity index (χ1v) is 17.1. The minimum atomic E-state index is -1.33. The summed E-state index contributed by atoms with van der Waals surface area (Å²) in [6.07, 6.45) is 24.2. The van der Waals surface area contributed by atoms with E-state index in [1.807, 2.05) is 6.08 Å². The molecule has 2 saturated carbocycles. The van der Waals surface area contributed by atoms with Crippen molar-refractivity contribution < 1.29 is 9.18 Å². The lowest BCUT2D eigenvalue weighted by Gasteiger charge is -2.48. The van der Waals surface area contributed by atoms with Gasteiger partial charge in [0.25, 0.3) is 0 Å². The number of fused-ring (bicyclic) bond motifs is 1. The van der Waals surface area contributed by atoms with Gasteiger partial charge in [-0.1, -0.05) is 33.3 Å². The van der Waals surface area contributed by atoms with Crippen LogP contribution in [0.15, 0.2) is 12.7 Å². The van der Waals surface area contributed by atoms with Crippen LogP contribution >= 0.6 is 0 Å². The number of nitrogens with one attached hydrogen (secondary N) is 2. The second-order valence-corrected chi connectivity index (χ2v) is 14.0. The number of piperidine rings is 2. The Balaban J connectivity index is 0.000000745. The summed E-state index contributed by atoms with van der Waals surface area (Å²) < 4.78 is 14.5. The smallest absolute Gasteiger partial charge is 0.228 e. The summed E-state index contributed by atoms with van der Waals surface area (Å²) in [5.41, 5.74) is 9.21. The third-order valence-corrected chi connectivity index (χ3v) is 10.9. The number of hydrazine groups is 1. The molecule has 240 valence electrons. The molecule has 0 radical (unpaired) electrons. The van der Waals surface area contributed by atoms with E-state index in [1.54, 1.807) is 13.8 Å². The number of hydrogen-bond acceptors (Lipinski definition) is 5. The number of nitrogens with two attached hydrogens (primary N) is 1. The highest BCUT2D eigenvalue weighted by Crippen LogP contribution is 2.46. The van der Waals surface area contributed by atoms with Crippen molar-refractivity contribution in [2.45, 2.75) is 154 Å². The van der Waals surface area contributed by atoms with E-state index < -0.39 is 5.67 Å². The zero-order chi connectivity index (χ0) is 31.0. The predicted molar refractivity (Wildman–Crippen MR) is 173 cm³/mol. The van der Waals surface area contributed by atoms with Crippen LogP contribution in [0, 0.1) is 36.5 Å². The largest absolute Gasteiger partial charge is 0.339 e. The third kappa shape index (κ3) is 8.17. The van der Waals surface area contributed by atoms with E-state index in [9.17, 15) is 9.18 Å².